The van der Waals surface area contributed by atoms with Gasteiger partial charge in [0.25, 0.3) is 6.26 Å². The molecule has 0 saturated heterocycles. The third-order valence-corrected chi connectivity index (χ3v) is 1.24. The van der Waals surface area contributed by atoms with Crippen LogP contribution in [0.1, 0.15) is 6.92 Å². The fraction of sp³-hybridized carbons (Fsp3) is 0.500. The van der Waals surface area contributed by atoms with Crippen LogP contribution in [-0.2, 0) is 9.53 Å². The van der Waals surface area contributed by atoms with Crippen molar-refractivity contribution in [3.05, 3.63) is 20.2 Å². The lowest BCUT2D eigenvalue weighted by Crippen LogP contribution is -2.51. The van der Waals surface area contributed by atoms with Crippen molar-refractivity contribution in [3.63, 3.8) is 0 Å². The zero-order valence-electron chi connectivity index (χ0n) is 6.29. The van der Waals surface area contributed by atoms with Crippen molar-refractivity contribution in [1.82, 2.24) is 0 Å². The molecule has 0 amide bonds. The molecule has 9 nitrogen and oxygen atoms in total. The molecule has 0 unspecified atom stereocenters. The van der Waals surface area contributed by atoms with Gasteiger partial charge in [0.2, 0.25) is 0 Å². The number of nitriles is 1. The second-order valence-electron chi connectivity index (χ2n) is 2.02. The zero-order chi connectivity index (χ0) is 10.6. The predicted molar refractivity (Wildman–Crippen MR) is 34.1 cm³/mol. The van der Waals surface area contributed by atoms with Gasteiger partial charge in [0.05, 0.1) is 6.92 Å². The zero-order valence-corrected chi connectivity index (χ0v) is 6.29. The van der Waals surface area contributed by atoms with Crippen LogP contribution in [0, 0.1) is 31.7 Å². The van der Waals surface area contributed by atoms with Crippen molar-refractivity contribution in [2.75, 3.05) is 0 Å². The lowest BCUT2D eigenvalue weighted by Gasteiger charge is -2.07. The van der Waals surface area contributed by atoms with E-state index in [-0.39, 0.29) is 0 Å². The highest BCUT2D eigenvalue weighted by Gasteiger charge is 2.61. The summed E-state index contributed by atoms with van der Waals surface area (Å²) in [6, 6.07) is 0. The van der Waals surface area contributed by atoms with Crippen LogP contribution in [0.25, 0.3) is 0 Å². The van der Waals surface area contributed by atoms with E-state index in [0.29, 0.717) is 6.92 Å². The van der Waals surface area contributed by atoms with Crippen LogP contribution in [0.3, 0.4) is 0 Å². The maximum absolute atomic E-state index is 10.6. The third kappa shape index (κ3) is 1.67. The van der Waals surface area contributed by atoms with Gasteiger partial charge in [0.1, 0.15) is 9.85 Å². The van der Waals surface area contributed by atoms with Gasteiger partial charge in [-0.05, 0) is 0 Å². The normalized spacial score (nSPS) is 9.85. The molecular formula is C4H3N3O6. The number of hydrogen-bond donors (Lipinski definition) is 0. The van der Waals surface area contributed by atoms with Crippen molar-refractivity contribution < 1.29 is 19.4 Å². The number of hydrogen-bond acceptors (Lipinski definition) is 7. The van der Waals surface area contributed by atoms with Crippen LogP contribution in [0.5, 0.6) is 0 Å². The molecule has 0 heterocycles. The highest BCUT2D eigenvalue weighted by Crippen LogP contribution is 2.11. The number of carbonyl (C=O) groups is 1. The van der Waals surface area contributed by atoms with Crippen molar-refractivity contribution >= 4 is 5.97 Å². The Morgan fingerprint density at radius 3 is 2.08 bits per heavy atom. The van der Waals surface area contributed by atoms with E-state index in [4.69, 9.17) is 5.26 Å². The molecule has 0 aliphatic heterocycles. The van der Waals surface area contributed by atoms with E-state index < -0.39 is 21.5 Å². The van der Waals surface area contributed by atoms with Crippen LogP contribution < -0.4 is 0 Å². The lowest BCUT2D eigenvalue weighted by atomic mass is 10.2. The standard InChI is InChI=1S/C4H3N3O6/c1-4(6(9)10,7(11)12)3(8)13-2-5/h1H3. The molecule has 0 radical (unpaired) electrons. The van der Waals surface area contributed by atoms with E-state index in [1.807, 2.05) is 0 Å². The van der Waals surface area contributed by atoms with E-state index in [1.54, 1.807) is 0 Å². The molecule has 0 fully saturated rings. The van der Waals surface area contributed by atoms with Crippen molar-refractivity contribution in [2.45, 2.75) is 12.6 Å². The monoisotopic (exact) mass is 189 g/mol. The first kappa shape index (κ1) is 10.8. The SMILES string of the molecule is CC(C(=O)OC#N)([N+](=O)[O-])[N+](=O)[O-]. The minimum Gasteiger partial charge on any atom is -0.339 e. The number of nitrogens with zero attached hydrogens (tertiary/aromatic N) is 3. The maximum atomic E-state index is 10.6. The summed E-state index contributed by atoms with van der Waals surface area (Å²) in [5.74, 6) is -1.83. The third-order valence-electron chi connectivity index (χ3n) is 1.24. The molecule has 70 valence electrons. The number of esters is 1. The quantitative estimate of drug-likeness (QED) is 0.188. The summed E-state index contributed by atoms with van der Waals surface area (Å²) in [5.41, 5.74) is -3.13. The molecule has 0 bridgehead atoms. The van der Waals surface area contributed by atoms with Crippen LogP contribution in [0.2, 0.25) is 0 Å². The van der Waals surface area contributed by atoms with Crippen LogP contribution in [-0.4, -0.2) is 21.5 Å². The van der Waals surface area contributed by atoms with E-state index >= 15 is 0 Å². The van der Waals surface area contributed by atoms with Crippen molar-refractivity contribution in [2.24, 2.45) is 0 Å². The lowest BCUT2D eigenvalue weighted by molar-refractivity contribution is -0.772. The smallest absolute Gasteiger partial charge is 0.339 e. The Bertz CT molecular complexity index is 289. The highest BCUT2D eigenvalue weighted by molar-refractivity contribution is 5.77. The number of carbonyl (C=O) groups excluding carboxylic acids is 1. The summed E-state index contributed by atoms with van der Waals surface area (Å²) in [6.07, 6.45) is 0.824. The summed E-state index contributed by atoms with van der Waals surface area (Å²) in [6.45, 7) is 0.437. The van der Waals surface area contributed by atoms with Gasteiger partial charge in [-0.3, -0.25) is 20.2 Å². The maximum Gasteiger partial charge on any atom is 0.551 e. The van der Waals surface area contributed by atoms with Gasteiger partial charge >= 0.3 is 11.6 Å². The molecule has 0 aliphatic carbocycles. The minimum absolute atomic E-state index is 0.437. The average Bonchev–Trinajstić information content (AvgIpc) is 2.02. The molecule has 0 N–H and O–H groups in total. The Labute approximate surface area is 70.8 Å². The second-order valence-corrected chi connectivity index (χ2v) is 2.02. The van der Waals surface area contributed by atoms with Gasteiger partial charge in [-0.25, -0.2) is 4.79 Å². The summed E-state index contributed by atoms with van der Waals surface area (Å²) in [5, 5.41) is 28.1. The predicted octanol–water partition coefficient (Wildman–Crippen LogP) is -0.720. The molecule has 0 aromatic carbocycles. The first-order valence-electron chi connectivity index (χ1n) is 2.76. The minimum atomic E-state index is -3.13. The summed E-state index contributed by atoms with van der Waals surface area (Å²) < 4.78 is 3.51. The Kier molecular flexibility index (Phi) is 2.85. The summed E-state index contributed by atoms with van der Waals surface area (Å²) in [4.78, 5) is 28.0. The highest BCUT2D eigenvalue weighted by atomic mass is 16.7. The Hall–Kier alpha value is -2.24. The van der Waals surface area contributed by atoms with Gasteiger partial charge < -0.3 is 4.74 Å². The molecule has 0 spiro atoms. The molecule has 0 aromatic heterocycles. The van der Waals surface area contributed by atoms with Gasteiger partial charge in [-0.1, -0.05) is 0 Å². The number of nitro groups is 2. The molecule has 9 heteroatoms. The van der Waals surface area contributed by atoms with E-state index in [9.17, 15) is 25.0 Å². The van der Waals surface area contributed by atoms with Gasteiger partial charge in [0.15, 0.2) is 0 Å². The molecule has 0 atom stereocenters. The molecule has 0 saturated carbocycles. The van der Waals surface area contributed by atoms with Gasteiger partial charge in [-0.2, -0.15) is 0 Å². The van der Waals surface area contributed by atoms with Crippen molar-refractivity contribution in [3.8, 4) is 6.26 Å². The molecule has 13 heavy (non-hydrogen) atoms. The molecular weight excluding hydrogens is 186 g/mol. The summed E-state index contributed by atoms with van der Waals surface area (Å²) in [7, 11) is 0. The largest absolute Gasteiger partial charge is 0.551 e. The first-order valence-corrected chi connectivity index (χ1v) is 2.76. The van der Waals surface area contributed by atoms with Gasteiger partial charge in [0, 0.05) is 0 Å². The fourth-order valence-electron chi connectivity index (χ4n) is 0.354. The number of rotatable bonds is 3. The first-order chi connectivity index (χ1) is 5.87. The van der Waals surface area contributed by atoms with Gasteiger partial charge in [-0.15, -0.1) is 5.26 Å². The Morgan fingerprint density at radius 2 is 1.85 bits per heavy atom. The number of ether oxygens (including phenoxy) is 1. The van der Waals surface area contributed by atoms with Crippen molar-refractivity contribution in [1.29, 1.82) is 5.26 Å². The van der Waals surface area contributed by atoms with Crippen LogP contribution in [0.15, 0.2) is 0 Å². The topological polar surface area (TPSA) is 136 Å². The molecule has 0 aliphatic rings. The van der Waals surface area contributed by atoms with Crippen LogP contribution in [0.4, 0.5) is 0 Å². The average molecular weight is 189 g/mol. The fourth-order valence-corrected chi connectivity index (χ4v) is 0.354. The second kappa shape index (κ2) is 3.44. The van der Waals surface area contributed by atoms with E-state index in [0.717, 1.165) is 6.26 Å². The Morgan fingerprint density at radius 1 is 1.46 bits per heavy atom. The van der Waals surface area contributed by atoms with Crippen LogP contribution >= 0.6 is 0 Å². The molecule has 0 aromatic rings. The van der Waals surface area contributed by atoms with E-state index in [2.05, 4.69) is 4.74 Å². The van der Waals surface area contributed by atoms with E-state index in [1.165, 1.54) is 0 Å². The summed E-state index contributed by atoms with van der Waals surface area (Å²) >= 11 is 0. The molecule has 0 rings (SSSR count). The Balaban J connectivity index is 5.05.